The van der Waals surface area contributed by atoms with Gasteiger partial charge in [0.05, 0.1) is 5.69 Å². The third kappa shape index (κ3) is 3.68. The Bertz CT molecular complexity index is 826. The summed E-state index contributed by atoms with van der Waals surface area (Å²) in [5, 5.41) is 2.82. The molecule has 5 heteroatoms. The van der Waals surface area contributed by atoms with Gasteiger partial charge in [0.1, 0.15) is 11.6 Å². The van der Waals surface area contributed by atoms with Gasteiger partial charge in [0.2, 0.25) is 0 Å². The fourth-order valence-electron chi connectivity index (χ4n) is 2.51. The average Bonchev–Trinajstić information content (AvgIpc) is 2.97. The van der Waals surface area contributed by atoms with E-state index in [0.29, 0.717) is 18.5 Å². The Morgan fingerprint density at radius 1 is 1.12 bits per heavy atom. The minimum Gasteiger partial charge on any atom is -0.352 e. The van der Waals surface area contributed by atoms with Gasteiger partial charge in [-0.05, 0) is 43.3 Å². The van der Waals surface area contributed by atoms with E-state index in [4.69, 9.17) is 0 Å². The van der Waals surface area contributed by atoms with Gasteiger partial charge in [-0.3, -0.25) is 4.79 Å². The Kier molecular flexibility index (Phi) is 4.70. The molecule has 0 unspecified atom stereocenters. The van der Waals surface area contributed by atoms with Crippen LogP contribution >= 0.6 is 0 Å². The van der Waals surface area contributed by atoms with E-state index in [1.165, 1.54) is 24.3 Å². The van der Waals surface area contributed by atoms with Crippen molar-refractivity contribution in [2.24, 2.45) is 0 Å². The summed E-state index contributed by atoms with van der Waals surface area (Å²) in [6.07, 6.45) is 2.61. The van der Waals surface area contributed by atoms with Crippen LogP contribution in [-0.2, 0) is 6.42 Å². The summed E-state index contributed by atoms with van der Waals surface area (Å²) in [5.41, 5.74) is 2.42. The lowest BCUT2D eigenvalue weighted by atomic mass is 10.2. The Morgan fingerprint density at radius 2 is 1.83 bits per heavy atom. The van der Waals surface area contributed by atoms with Gasteiger partial charge in [-0.25, -0.2) is 9.37 Å². The highest BCUT2D eigenvalue weighted by Gasteiger charge is 2.08. The smallest absolute Gasteiger partial charge is 0.251 e. The second-order valence-electron chi connectivity index (χ2n) is 5.50. The maximum Gasteiger partial charge on any atom is 0.251 e. The Balaban J connectivity index is 1.59. The number of aromatic nitrogens is 2. The number of aryl methyl sites for hydroxylation is 1. The summed E-state index contributed by atoms with van der Waals surface area (Å²) in [4.78, 5) is 16.5. The number of carbonyl (C=O) groups is 1. The van der Waals surface area contributed by atoms with Crippen molar-refractivity contribution in [1.29, 1.82) is 0 Å². The largest absolute Gasteiger partial charge is 0.352 e. The zero-order valence-electron chi connectivity index (χ0n) is 13.4. The number of hydrogen-bond acceptors (Lipinski definition) is 2. The van der Waals surface area contributed by atoms with Crippen molar-refractivity contribution in [3.63, 3.8) is 0 Å². The molecule has 0 radical (unpaired) electrons. The molecule has 1 heterocycles. The molecule has 0 aliphatic rings. The number of rotatable bonds is 5. The van der Waals surface area contributed by atoms with E-state index in [-0.39, 0.29) is 11.7 Å². The van der Waals surface area contributed by atoms with Gasteiger partial charge < -0.3 is 9.88 Å². The summed E-state index contributed by atoms with van der Waals surface area (Å²) in [6, 6.07) is 15.5. The Hall–Kier alpha value is -2.95. The van der Waals surface area contributed by atoms with Crippen molar-refractivity contribution in [1.82, 2.24) is 14.9 Å². The van der Waals surface area contributed by atoms with Crippen molar-refractivity contribution < 1.29 is 9.18 Å². The molecular weight excluding hydrogens is 305 g/mol. The molecule has 0 atom stereocenters. The molecule has 0 aliphatic carbocycles. The van der Waals surface area contributed by atoms with Crippen LogP contribution < -0.4 is 5.32 Å². The van der Waals surface area contributed by atoms with Gasteiger partial charge in [0.15, 0.2) is 0 Å². The molecule has 0 fully saturated rings. The van der Waals surface area contributed by atoms with Crippen LogP contribution in [0.2, 0.25) is 0 Å². The lowest BCUT2D eigenvalue weighted by Gasteiger charge is -2.04. The van der Waals surface area contributed by atoms with Gasteiger partial charge in [-0.2, -0.15) is 0 Å². The molecule has 3 aromatic rings. The molecule has 122 valence electrons. The normalized spacial score (nSPS) is 10.6. The first-order valence-electron chi connectivity index (χ1n) is 7.77. The first kappa shape index (κ1) is 15.9. The van der Waals surface area contributed by atoms with Crippen LogP contribution in [-0.4, -0.2) is 22.0 Å². The summed E-state index contributed by atoms with van der Waals surface area (Å²) in [5.74, 6) is 0.337. The quantitative estimate of drug-likeness (QED) is 0.783. The molecular formula is C19H18FN3O. The number of nitrogens with zero attached hydrogens (tertiary/aromatic N) is 2. The number of amides is 1. The SMILES string of the molecule is Cc1nc(CCNC(=O)c2ccc(F)cc2)cn1-c1ccccc1. The number of imidazole rings is 1. The highest BCUT2D eigenvalue weighted by Crippen LogP contribution is 2.12. The topological polar surface area (TPSA) is 46.9 Å². The molecule has 1 aromatic heterocycles. The number of benzene rings is 2. The zero-order chi connectivity index (χ0) is 16.9. The van der Waals surface area contributed by atoms with E-state index in [1.807, 2.05) is 48.0 Å². The average molecular weight is 323 g/mol. The van der Waals surface area contributed by atoms with Crippen LogP contribution in [0, 0.1) is 12.7 Å². The third-order valence-electron chi connectivity index (χ3n) is 3.74. The number of nitrogens with one attached hydrogen (secondary N) is 1. The number of halogens is 1. The van der Waals surface area contributed by atoms with Gasteiger partial charge in [-0.15, -0.1) is 0 Å². The van der Waals surface area contributed by atoms with Gasteiger partial charge >= 0.3 is 0 Å². The second kappa shape index (κ2) is 7.08. The van der Waals surface area contributed by atoms with Crippen molar-refractivity contribution in [3.05, 3.63) is 83.7 Å². The summed E-state index contributed by atoms with van der Waals surface area (Å²) in [6.45, 7) is 2.43. The molecule has 0 saturated carbocycles. The van der Waals surface area contributed by atoms with Crippen molar-refractivity contribution >= 4 is 5.91 Å². The predicted octanol–water partition coefficient (Wildman–Crippen LogP) is 3.29. The van der Waals surface area contributed by atoms with Crippen LogP contribution in [0.3, 0.4) is 0 Å². The number of carbonyl (C=O) groups excluding carboxylic acids is 1. The van der Waals surface area contributed by atoms with Crippen LogP contribution in [0.25, 0.3) is 5.69 Å². The summed E-state index contributed by atoms with van der Waals surface area (Å²) in [7, 11) is 0. The Morgan fingerprint density at radius 3 is 2.54 bits per heavy atom. The van der Waals surface area contributed by atoms with Crippen LogP contribution in [0.5, 0.6) is 0 Å². The van der Waals surface area contributed by atoms with E-state index in [0.717, 1.165) is 17.2 Å². The lowest BCUT2D eigenvalue weighted by molar-refractivity contribution is 0.0954. The standard InChI is InChI=1S/C19H18FN3O/c1-14-22-17(13-23(14)18-5-3-2-4-6-18)11-12-21-19(24)15-7-9-16(20)10-8-15/h2-10,13H,11-12H2,1H3,(H,21,24). The monoisotopic (exact) mass is 323 g/mol. The molecule has 1 amide bonds. The molecule has 0 aliphatic heterocycles. The maximum absolute atomic E-state index is 12.9. The number of para-hydroxylation sites is 1. The maximum atomic E-state index is 12.9. The van der Waals surface area contributed by atoms with Crippen LogP contribution in [0.15, 0.2) is 60.8 Å². The highest BCUT2D eigenvalue weighted by atomic mass is 19.1. The van der Waals surface area contributed by atoms with Crippen LogP contribution in [0.4, 0.5) is 4.39 Å². The lowest BCUT2D eigenvalue weighted by Crippen LogP contribution is -2.25. The van der Waals surface area contributed by atoms with Crippen LogP contribution in [0.1, 0.15) is 21.9 Å². The predicted molar refractivity (Wildman–Crippen MR) is 90.7 cm³/mol. The Labute approximate surface area is 140 Å². The highest BCUT2D eigenvalue weighted by molar-refractivity contribution is 5.94. The molecule has 3 rings (SSSR count). The van der Waals surface area contributed by atoms with E-state index in [2.05, 4.69) is 10.3 Å². The van der Waals surface area contributed by atoms with Crippen molar-refractivity contribution in [2.45, 2.75) is 13.3 Å². The molecule has 1 N–H and O–H groups in total. The van der Waals surface area contributed by atoms with E-state index < -0.39 is 0 Å². The summed E-state index contributed by atoms with van der Waals surface area (Å²) < 4.78 is 14.9. The molecule has 24 heavy (non-hydrogen) atoms. The first-order valence-corrected chi connectivity index (χ1v) is 7.77. The molecule has 0 bridgehead atoms. The van der Waals surface area contributed by atoms with Crippen molar-refractivity contribution in [2.75, 3.05) is 6.54 Å². The molecule has 0 saturated heterocycles. The van der Waals surface area contributed by atoms with Crippen molar-refractivity contribution in [3.8, 4) is 5.69 Å². The fourth-order valence-corrected chi connectivity index (χ4v) is 2.51. The zero-order valence-corrected chi connectivity index (χ0v) is 13.4. The first-order chi connectivity index (χ1) is 11.6. The third-order valence-corrected chi connectivity index (χ3v) is 3.74. The minimum absolute atomic E-state index is 0.214. The molecule has 0 spiro atoms. The number of hydrogen-bond donors (Lipinski definition) is 1. The van der Waals surface area contributed by atoms with Gasteiger partial charge in [0, 0.05) is 30.4 Å². The van der Waals surface area contributed by atoms with E-state index >= 15 is 0 Å². The minimum atomic E-state index is -0.353. The molecule has 4 nitrogen and oxygen atoms in total. The van der Waals surface area contributed by atoms with E-state index in [9.17, 15) is 9.18 Å². The summed E-state index contributed by atoms with van der Waals surface area (Å²) >= 11 is 0. The van der Waals surface area contributed by atoms with Gasteiger partial charge in [0.25, 0.3) is 5.91 Å². The second-order valence-corrected chi connectivity index (χ2v) is 5.50. The molecule has 2 aromatic carbocycles. The van der Waals surface area contributed by atoms with E-state index in [1.54, 1.807) is 0 Å². The van der Waals surface area contributed by atoms with Gasteiger partial charge in [-0.1, -0.05) is 18.2 Å². The fraction of sp³-hybridized carbons (Fsp3) is 0.158.